The van der Waals surface area contributed by atoms with Crippen molar-refractivity contribution in [3.05, 3.63) is 33.4 Å². The Balaban J connectivity index is 2.12. The SMILES string of the molecule is CCOC(=O)C1CCCc2c1[nH]c1cc(Cl)c(Cl)cc21. The monoisotopic (exact) mass is 311 g/mol. The minimum atomic E-state index is -0.205. The lowest BCUT2D eigenvalue weighted by molar-refractivity contribution is -0.145. The topological polar surface area (TPSA) is 42.1 Å². The van der Waals surface area contributed by atoms with Crippen molar-refractivity contribution in [2.24, 2.45) is 0 Å². The van der Waals surface area contributed by atoms with Crippen LogP contribution in [0.1, 0.15) is 36.9 Å². The molecule has 1 aromatic heterocycles. The summed E-state index contributed by atoms with van der Waals surface area (Å²) < 4.78 is 5.17. The van der Waals surface area contributed by atoms with Gasteiger partial charge in [-0.3, -0.25) is 4.79 Å². The van der Waals surface area contributed by atoms with Crippen molar-refractivity contribution >= 4 is 40.1 Å². The Morgan fingerprint density at radius 3 is 2.90 bits per heavy atom. The first-order chi connectivity index (χ1) is 9.61. The van der Waals surface area contributed by atoms with E-state index in [0.717, 1.165) is 35.9 Å². The van der Waals surface area contributed by atoms with Crippen molar-refractivity contribution in [2.45, 2.75) is 32.1 Å². The second kappa shape index (κ2) is 5.30. The van der Waals surface area contributed by atoms with E-state index in [9.17, 15) is 4.79 Å². The third-order valence-electron chi connectivity index (χ3n) is 3.82. The number of aromatic nitrogens is 1. The lowest BCUT2D eigenvalue weighted by Crippen LogP contribution is -2.20. The summed E-state index contributed by atoms with van der Waals surface area (Å²) in [7, 11) is 0. The fourth-order valence-electron chi connectivity index (χ4n) is 2.94. The largest absolute Gasteiger partial charge is 0.465 e. The molecule has 0 saturated carbocycles. The van der Waals surface area contributed by atoms with Crippen LogP contribution in [0.4, 0.5) is 0 Å². The standard InChI is InChI=1S/C15H15Cl2NO2/c1-2-20-15(19)9-5-3-4-8-10-6-11(16)12(17)7-13(10)18-14(8)9/h6-7,9,18H,2-5H2,1H3. The van der Waals surface area contributed by atoms with Crippen molar-refractivity contribution in [1.82, 2.24) is 4.98 Å². The predicted octanol–water partition coefficient (Wildman–Crippen LogP) is 4.46. The predicted molar refractivity (Wildman–Crippen MR) is 80.6 cm³/mol. The average molecular weight is 312 g/mol. The van der Waals surface area contributed by atoms with Crippen LogP contribution in [-0.4, -0.2) is 17.6 Å². The molecule has 5 heteroatoms. The summed E-state index contributed by atoms with van der Waals surface area (Å²) in [6, 6.07) is 3.70. The highest BCUT2D eigenvalue weighted by molar-refractivity contribution is 6.42. The number of carbonyl (C=O) groups is 1. The molecule has 20 heavy (non-hydrogen) atoms. The Morgan fingerprint density at radius 2 is 2.15 bits per heavy atom. The summed E-state index contributed by atoms with van der Waals surface area (Å²) in [5.74, 6) is -0.360. The molecule has 0 saturated heterocycles. The van der Waals surface area contributed by atoms with Gasteiger partial charge in [0, 0.05) is 16.6 Å². The van der Waals surface area contributed by atoms with Crippen LogP contribution in [0.2, 0.25) is 10.0 Å². The number of H-pyrrole nitrogens is 1. The van der Waals surface area contributed by atoms with E-state index >= 15 is 0 Å². The third-order valence-corrected chi connectivity index (χ3v) is 4.54. The van der Waals surface area contributed by atoms with Crippen LogP contribution in [0.25, 0.3) is 10.9 Å². The molecule has 3 nitrogen and oxygen atoms in total. The number of rotatable bonds is 2. The molecule has 1 N–H and O–H groups in total. The molecule has 1 aliphatic rings. The Bertz CT molecular complexity index is 678. The maximum Gasteiger partial charge on any atom is 0.314 e. The van der Waals surface area contributed by atoms with Crippen molar-refractivity contribution < 1.29 is 9.53 Å². The highest BCUT2D eigenvalue weighted by Gasteiger charge is 2.30. The van der Waals surface area contributed by atoms with E-state index in [1.54, 1.807) is 0 Å². The lowest BCUT2D eigenvalue weighted by Gasteiger charge is -2.20. The fourth-order valence-corrected chi connectivity index (χ4v) is 3.27. The Hall–Kier alpha value is -1.19. The van der Waals surface area contributed by atoms with Crippen LogP contribution >= 0.6 is 23.2 Å². The fraction of sp³-hybridized carbons (Fsp3) is 0.400. The summed E-state index contributed by atoms with van der Waals surface area (Å²) in [4.78, 5) is 15.4. The quantitative estimate of drug-likeness (QED) is 0.832. The van der Waals surface area contributed by atoms with Gasteiger partial charge in [0.25, 0.3) is 0 Å². The van der Waals surface area contributed by atoms with Crippen molar-refractivity contribution in [3.63, 3.8) is 0 Å². The molecule has 1 unspecified atom stereocenters. The zero-order valence-corrected chi connectivity index (χ0v) is 12.6. The molecule has 1 aliphatic carbocycles. The summed E-state index contributed by atoms with van der Waals surface area (Å²) in [5.41, 5.74) is 3.06. The van der Waals surface area contributed by atoms with Gasteiger partial charge in [-0.05, 0) is 43.9 Å². The Labute approximate surface area is 127 Å². The van der Waals surface area contributed by atoms with Gasteiger partial charge in [-0.15, -0.1) is 0 Å². The zero-order valence-electron chi connectivity index (χ0n) is 11.1. The molecular formula is C15H15Cl2NO2. The highest BCUT2D eigenvalue weighted by Crippen LogP contribution is 2.39. The highest BCUT2D eigenvalue weighted by atomic mass is 35.5. The van der Waals surface area contributed by atoms with E-state index in [1.165, 1.54) is 5.56 Å². The van der Waals surface area contributed by atoms with E-state index in [-0.39, 0.29) is 11.9 Å². The van der Waals surface area contributed by atoms with Crippen LogP contribution in [0.3, 0.4) is 0 Å². The van der Waals surface area contributed by atoms with E-state index in [2.05, 4.69) is 4.98 Å². The molecule has 2 aromatic rings. The van der Waals surface area contributed by atoms with Gasteiger partial charge >= 0.3 is 5.97 Å². The van der Waals surface area contributed by atoms with Gasteiger partial charge in [0.15, 0.2) is 0 Å². The number of aryl methyl sites for hydroxylation is 1. The minimum absolute atomic E-state index is 0.155. The first-order valence-corrected chi connectivity index (χ1v) is 7.53. The second-order valence-electron chi connectivity index (χ2n) is 5.03. The summed E-state index contributed by atoms with van der Waals surface area (Å²) >= 11 is 12.2. The molecule has 3 rings (SSSR count). The van der Waals surface area contributed by atoms with Crippen LogP contribution in [0, 0.1) is 0 Å². The van der Waals surface area contributed by atoms with Crippen molar-refractivity contribution in [3.8, 4) is 0 Å². The molecule has 1 aromatic carbocycles. The maximum atomic E-state index is 12.1. The molecule has 0 aliphatic heterocycles. The van der Waals surface area contributed by atoms with Gasteiger partial charge in [0.2, 0.25) is 0 Å². The molecule has 0 fully saturated rings. The van der Waals surface area contributed by atoms with Gasteiger partial charge in [0.1, 0.15) is 0 Å². The van der Waals surface area contributed by atoms with Crippen molar-refractivity contribution in [1.29, 1.82) is 0 Å². The number of esters is 1. The van der Waals surface area contributed by atoms with Gasteiger partial charge in [-0.25, -0.2) is 0 Å². The summed E-state index contributed by atoms with van der Waals surface area (Å²) in [5, 5.41) is 2.12. The Morgan fingerprint density at radius 1 is 1.40 bits per heavy atom. The van der Waals surface area contributed by atoms with Crippen LogP contribution in [0.5, 0.6) is 0 Å². The molecule has 0 bridgehead atoms. The normalized spacial score (nSPS) is 18.1. The maximum absolute atomic E-state index is 12.1. The number of ether oxygens (including phenoxy) is 1. The van der Waals surface area contributed by atoms with E-state index < -0.39 is 0 Å². The first kappa shape index (κ1) is 13.8. The van der Waals surface area contributed by atoms with E-state index in [0.29, 0.717) is 16.7 Å². The number of hydrogen-bond donors (Lipinski definition) is 1. The number of halogens is 2. The molecule has 1 heterocycles. The minimum Gasteiger partial charge on any atom is -0.465 e. The number of aromatic amines is 1. The molecule has 0 amide bonds. The Kier molecular flexibility index (Phi) is 3.65. The molecule has 106 valence electrons. The molecular weight excluding hydrogens is 297 g/mol. The number of carbonyl (C=O) groups excluding carboxylic acids is 1. The van der Waals surface area contributed by atoms with E-state index in [4.69, 9.17) is 27.9 Å². The van der Waals surface area contributed by atoms with Gasteiger partial charge in [0.05, 0.1) is 22.6 Å². The lowest BCUT2D eigenvalue weighted by atomic mass is 9.87. The van der Waals surface area contributed by atoms with E-state index in [1.807, 2.05) is 19.1 Å². The number of fused-ring (bicyclic) bond motifs is 3. The van der Waals surface area contributed by atoms with Crippen LogP contribution in [0.15, 0.2) is 12.1 Å². The van der Waals surface area contributed by atoms with Crippen LogP contribution in [-0.2, 0) is 16.0 Å². The van der Waals surface area contributed by atoms with Crippen LogP contribution < -0.4 is 0 Å². The number of hydrogen-bond acceptors (Lipinski definition) is 2. The number of benzene rings is 1. The zero-order chi connectivity index (χ0) is 14.3. The first-order valence-electron chi connectivity index (χ1n) is 6.78. The average Bonchev–Trinajstić information content (AvgIpc) is 2.77. The second-order valence-corrected chi connectivity index (χ2v) is 5.84. The molecule has 1 atom stereocenters. The smallest absolute Gasteiger partial charge is 0.314 e. The molecule has 0 radical (unpaired) electrons. The summed E-state index contributed by atoms with van der Waals surface area (Å²) in [6.45, 7) is 2.23. The number of nitrogens with one attached hydrogen (secondary N) is 1. The summed E-state index contributed by atoms with van der Waals surface area (Å²) in [6.07, 6.45) is 2.74. The molecule has 0 spiro atoms. The van der Waals surface area contributed by atoms with Crippen molar-refractivity contribution in [2.75, 3.05) is 6.61 Å². The third kappa shape index (κ3) is 2.19. The van der Waals surface area contributed by atoms with Gasteiger partial charge in [-0.2, -0.15) is 0 Å². The van der Waals surface area contributed by atoms with Gasteiger partial charge in [-0.1, -0.05) is 23.2 Å². The van der Waals surface area contributed by atoms with Gasteiger partial charge < -0.3 is 9.72 Å².